The summed E-state index contributed by atoms with van der Waals surface area (Å²) in [6.45, 7) is 8.37. The third kappa shape index (κ3) is 5.69. The van der Waals surface area contributed by atoms with Gasteiger partial charge in [-0.2, -0.15) is 0 Å². The topological polar surface area (TPSA) is 75.7 Å². The molecule has 0 spiro atoms. The highest BCUT2D eigenvalue weighted by molar-refractivity contribution is 7.92. The van der Waals surface area contributed by atoms with E-state index in [2.05, 4.69) is 19.2 Å². The van der Waals surface area contributed by atoms with Gasteiger partial charge >= 0.3 is 0 Å². The molecule has 180 valence electrons. The van der Waals surface area contributed by atoms with Crippen LogP contribution in [0.1, 0.15) is 68.7 Å². The second-order valence-corrected chi connectivity index (χ2v) is 10.9. The van der Waals surface area contributed by atoms with Crippen molar-refractivity contribution in [2.24, 2.45) is 0 Å². The molecule has 0 radical (unpaired) electrons. The van der Waals surface area contributed by atoms with Gasteiger partial charge in [-0.1, -0.05) is 44.2 Å². The van der Waals surface area contributed by atoms with Crippen LogP contribution in [0.25, 0.3) is 0 Å². The molecule has 1 N–H and O–H groups in total. The molecule has 0 aliphatic carbocycles. The van der Waals surface area contributed by atoms with Crippen molar-refractivity contribution in [3.63, 3.8) is 0 Å². The second-order valence-electron chi connectivity index (χ2n) is 9.01. The zero-order valence-electron chi connectivity index (χ0n) is 20.3. The summed E-state index contributed by atoms with van der Waals surface area (Å²) in [6.07, 6.45) is 4.35. The number of rotatable bonds is 9. The van der Waals surface area contributed by atoms with Gasteiger partial charge in [0, 0.05) is 24.9 Å². The molecule has 0 fully saturated rings. The fourth-order valence-corrected chi connectivity index (χ4v) is 5.57. The standard InChI is InChI=1S/C26H36N2O4S/c1-6-26(7-2)18-22(21-13-8-9-15-24(21)32-26)27-25(29)16-11-17-28(33(5,30)31)23-14-10-12-19(3)20(23)4/h8-10,12-15,22H,6-7,11,16-18H2,1-5H3,(H,27,29)/t22-/m0/s1. The van der Waals surface area contributed by atoms with E-state index in [9.17, 15) is 13.2 Å². The summed E-state index contributed by atoms with van der Waals surface area (Å²) in [4.78, 5) is 12.9. The quantitative estimate of drug-likeness (QED) is 0.554. The molecule has 6 nitrogen and oxygen atoms in total. The summed E-state index contributed by atoms with van der Waals surface area (Å²) in [7, 11) is -3.46. The van der Waals surface area contributed by atoms with E-state index < -0.39 is 10.0 Å². The number of carbonyl (C=O) groups is 1. The summed E-state index contributed by atoms with van der Waals surface area (Å²) in [5.41, 5.74) is 3.35. The minimum atomic E-state index is -3.46. The largest absolute Gasteiger partial charge is 0.487 e. The van der Waals surface area contributed by atoms with Gasteiger partial charge in [0.1, 0.15) is 11.4 Å². The molecule has 0 saturated carbocycles. The molecule has 0 unspecified atom stereocenters. The lowest BCUT2D eigenvalue weighted by Crippen LogP contribution is -2.44. The van der Waals surface area contributed by atoms with Crippen molar-refractivity contribution >= 4 is 21.6 Å². The number of anilines is 1. The molecule has 1 heterocycles. The lowest BCUT2D eigenvalue weighted by atomic mass is 9.83. The number of aryl methyl sites for hydroxylation is 1. The molecule has 33 heavy (non-hydrogen) atoms. The van der Waals surface area contributed by atoms with E-state index in [4.69, 9.17) is 4.74 Å². The van der Waals surface area contributed by atoms with E-state index >= 15 is 0 Å². The first-order chi connectivity index (χ1) is 15.6. The van der Waals surface area contributed by atoms with E-state index in [1.807, 2.05) is 56.3 Å². The Labute approximate surface area is 198 Å². The number of ether oxygens (including phenoxy) is 1. The van der Waals surface area contributed by atoms with Crippen LogP contribution in [0, 0.1) is 13.8 Å². The Morgan fingerprint density at radius 3 is 2.48 bits per heavy atom. The van der Waals surface area contributed by atoms with E-state index in [0.29, 0.717) is 12.1 Å². The summed E-state index contributed by atoms with van der Waals surface area (Å²) in [5, 5.41) is 3.18. The van der Waals surface area contributed by atoms with Gasteiger partial charge in [-0.25, -0.2) is 8.42 Å². The molecule has 1 atom stereocenters. The van der Waals surface area contributed by atoms with E-state index in [1.54, 1.807) is 0 Å². The molecule has 0 saturated heterocycles. The van der Waals surface area contributed by atoms with Crippen LogP contribution in [0.15, 0.2) is 42.5 Å². The fraction of sp³-hybridized carbons (Fsp3) is 0.500. The van der Waals surface area contributed by atoms with Crippen molar-refractivity contribution in [3.05, 3.63) is 59.2 Å². The number of benzene rings is 2. The molecule has 0 aromatic heterocycles. The number of hydrogen-bond acceptors (Lipinski definition) is 4. The average Bonchev–Trinajstić information content (AvgIpc) is 2.78. The molecule has 3 rings (SSSR count). The normalized spacial score (nSPS) is 17.1. The summed E-state index contributed by atoms with van der Waals surface area (Å²) >= 11 is 0. The van der Waals surface area contributed by atoms with Gasteiger partial charge in [0.15, 0.2) is 0 Å². The second kappa shape index (κ2) is 10.2. The summed E-state index contributed by atoms with van der Waals surface area (Å²) < 4.78 is 32.7. The van der Waals surface area contributed by atoms with Gasteiger partial charge in [0.2, 0.25) is 15.9 Å². The molecule has 2 aromatic carbocycles. The zero-order chi connectivity index (χ0) is 24.2. The molecular formula is C26H36N2O4S. The number of nitrogens with one attached hydrogen (secondary N) is 1. The number of carbonyl (C=O) groups excluding carboxylic acids is 1. The van der Waals surface area contributed by atoms with Gasteiger partial charge in [0.05, 0.1) is 18.0 Å². The van der Waals surface area contributed by atoms with Crippen molar-refractivity contribution < 1.29 is 17.9 Å². The number of nitrogens with zero attached hydrogens (tertiary/aromatic N) is 1. The van der Waals surface area contributed by atoms with Crippen LogP contribution in [0.4, 0.5) is 5.69 Å². The number of sulfonamides is 1. The van der Waals surface area contributed by atoms with E-state index in [1.165, 1.54) is 10.6 Å². The predicted octanol–water partition coefficient (Wildman–Crippen LogP) is 5.05. The predicted molar refractivity (Wildman–Crippen MR) is 133 cm³/mol. The van der Waals surface area contributed by atoms with Gasteiger partial charge in [-0.15, -0.1) is 0 Å². The Hall–Kier alpha value is -2.54. The van der Waals surface area contributed by atoms with Crippen LogP contribution < -0.4 is 14.4 Å². The number of fused-ring (bicyclic) bond motifs is 1. The Bertz CT molecular complexity index is 1090. The Kier molecular flexibility index (Phi) is 7.73. The maximum atomic E-state index is 12.9. The molecule has 1 aliphatic rings. The average molecular weight is 473 g/mol. The molecule has 1 amide bonds. The van der Waals surface area contributed by atoms with Crippen LogP contribution in [-0.2, 0) is 14.8 Å². The maximum Gasteiger partial charge on any atom is 0.232 e. The van der Waals surface area contributed by atoms with Crippen molar-refractivity contribution in [1.29, 1.82) is 0 Å². The first-order valence-corrected chi connectivity index (χ1v) is 13.6. The fourth-order valence-electron chi connectivity index (χ4n) is 4.55. The van der Waals surface area contributed by atoms with Gasteiger partial charge in [-0.3, -0.25) is 9.10 Å². The molecular weight excluding hydrogens is 436 g/mol. The minimum absolute atomic E-state index is 0.0766. The summed E-state index contributed by atoms with van der Waals surface area (Å²) in [5.74, 6) is 0.753. The number of hydrogen-bond donors (Lipinski definition) is 1. The third-order valence-electron chi connectivity index (χ3n) is 6.83. The van der Waals surface area contributed by atoms with Crippen molar-refractivity contribution in [2.45, 2.75) is 71.4 Å². The first kappa shape index (κ1) is 25.1. The van der Waals surface area contributed by atoms with Crippen molar-refractivity contribution in [3.8, 4) is 5.75 Å². The maximum absolute atomic E-state index is 12.9. The van der Waals surface area contributed by atoms with E-state index in [0.717, 1.165) is 41.7 Å². The van der Waals surface area contributed by atoms with Crippen molar-refractivity contribution in [2.75, 3.05) is 17.1 Å². The van der Waals surface area contributed by atoms with Gasteiger partial charge in [-0.05, 0) is 56.4 Å². The van der Waals surface area contributed by atoms with Crippen LogP contribution in [0.2, 0.25) is 0 Å². The van der Waals surface area contributed by atoms with Crippen LogP contribution in [-0.4, -0.2) is 32.7 Å². The highest BCUT2D eigenvalue weighted by Gasteiger charge is 2.38. The monoisotopic (exact) mass is 472 g/mol. The lowest BCUT2D eigenvalue weighted by Gasteiger charge is -2.41. The molecule has 1 aliphatic heterocycles. The van der Waals surface area contributed by atoms with Crippen LogP contribution >= 0.6 is 0 Å². The molecule has 7 heteroatoms. The third-order valence-corrected chi connectivity index (χ3v) is 8.01. The lowest BCUT2D eigenvalue weighted by molar-refractivity contribution is -0.122. The molecule has 0 bridgehead atoms. The van der Waals surface area contributed by atoms with Gasteiger partial charge < -0.3 is 10.1 Å². The zero-order valence-corrected chi connectivity index (χ0v) is 21.2. The highest BCUT2D eigenvalue weighted by atomic mass is 32.2. The van der Waals surface area contributed by atoms with E-state index in [-0.39, 0.29) is 30.5 Å². The smallest absolute Gasteiger partial charge is 0.232 e. The summed E-state index contributed by atoms with van der Waals surface area (Å²) in [6, 6.07) is 13.4. The minimum Gasteiger partial charge on any atom is -0.487 e. The van der Waals surface area contributed by atoms with Gasteiger partial charge in [0.25, 0.3) is 0 Å². The Balaban J connectivity index is 1.69. The SMILES string of the molecule is CCC1(CC)C[C@H](NC(=O)CCCN(c2cccc(C)c2C)S(C)(=O)=O)c2ccccc2O1. The number of para-hydroxylation sites is 1. The Morgan fingerprint density at radius 1 is 1.12 bits per heavy atom. The first-order valence-electron chi connectivity index (χ1n) is 11.7. The molecule has 2 aromatic rings. The van der Waals surface area contributed by atoms with Crippen LogP contribution in [0.5, 0.6) is 5.75 Å². The van der Waals surface area contributed by atoms with Crippen molar-refractivity contribution in [1.82, 2.24) is 5.32 Å². The Morgan fingerprint density at radius 2 is 1.82 bits per heavy atom. The highest BCUT2D eigenvalue weighted by Crippen LogP contribution is 2.42. The number of amides is 1. The van der Waals surface area contributed by atoms with Crippen LogP contribution in [0.3, 0.4) is 0 Å².